The highest BCUT2D eigenvalue weighted by Gasteiger charge is 2.06. The van der Waals surface area contributed by atoms with Crippen molar-refractivity contribution < 1.29 is 9.53 Å². The molecule has 0 N–H and O–H groups in total. The molecule has 0 fully saturated rings. The van der Waals surface area contributed by atoms with E-state index in [2.05, 4.69) is 24.2 Å². The molecule has 0 radical (unpaired) electrons. The first-order chi connectivity index (χ1) is 10.6. The molecule has 0 bridgehead atoms. The SMILES string of the molecule is CC(C)CCc1cn(CCC(=O)OCc2ccccc2)nn1. The van der Waals surface area contributed by atoms with E-state index >= 15 is 0 Å². The molecule has 22 heavy (non-hydrogen) atoms. The van der Waals surface area contributed by atoms with E-state index in [0.717, 1.165) is 24.1 Å². The number of carbonyl (C=O) groups excluding carboxylic acids is 1. The van der Waals surface area contributed by atoms with Gasteiger partial charge in [0.1, 0.15) is 6.61 Å². The van der Waals surface area contributed by atoms with Crippen molar-refractivity contribution in [3.63, 3.8) is 0 Å². The first-order valence-electron chi connectivity index (χ1n) is 7.72. The lowest BCUT2D eigenvalue weighted by Crippen LogP contribution is -2.09. The van der Waals surface area contributed by atoms with Crippen molar-refractivity contribution in [3.05, 3.63) is 47.8 Å². The summed E-state index contributed by atoms with van der Waals surface area (Å²) >= 11 is 0. The Morgan fingerprint density at radius 2 is 2.05 bits per heavy atom. The maximum absolute atomic E-state index is 11.7. The van der Waals surface area contributed by atoms with E-state index in [4.69, 9.17) is 4.74 Å². The zero-order chi connectivity index (χ0) is 15.8. The third-order valence-electron chi connectivity index (χ3n) is 3.35. The number of aromatic nitrogens is 3. The second kappa shape index (κ2) is 8.32. The molecule has 0 atom stereocenters. The molecule has 2 aromatic rings. The largest absolute Gasteiger partial charge is 0.461 e. The lowest BCUT2D eigenvalue weighted by molar-refractivity contribution is -0.145. The highest BCUT2D eigenvalue weighted by Crippen LogP contribution is 2.06. The zero-order valence-electron chi connectivity index (χ0n) is 13.2. The van der Waals surface area contributed by atoms with E-state index in [1.165, 1.54) is 0 Å². The fourth-order valence-electron chi connectivity index (χ4n) is 2.01. The molecule has 0 amide bonds. The molecular formula is C17H23N3O2. The molecule has 0 saturated heterocycles. The molecule has 0 unspecified atom stereocenters. The third-order valence-corrected chi connectivity index (χ3v) is 3.35. The van der Waals surface area contributed by atoms with Crippen LogP contribution >= 0.6 is 0 Å². The van der Waals surface area contributed by atoms with Crippen LogP contribution in [0.2, 0.25) is 0 Å². The van der Waals surface area contributed by atoms with E-state index < -0.39 is 0 Å². The molecule has 1 heterocycles. The van der Waals surface area contributed by atoms with E-state index in [1.807, 2.05) is 36.5 Å². The second-order valence-electron chi connectivity index (χ2n) is 5.80. The van der Waals surface area contributed by atoms with Gasteiger partial charge in [-0.05, 0) is 24.3 Å². The average Bonchev–Trinajstić information content (AvgIpc) is 2.98. The zero-order valence-corrected chi connectivity index (χ0v) is 13.2. The average molecular weight is 301 g/mol. The van der Waals surface area contributed by atoms with Gasteiger partial charge in [-0.15, -0.1) is 5.10 Å². The van der Waals surface area contributed by atoms with Gasteiger partial charge in [-0.3, -0.25) is 9.48 Å². The van der Waals surface area contributed by atoms with Crippen molar-refractivity contribution in [2.45, 2.75) is 46.3 Å². The molecular weight excluding hydrogens is 278 g/mol. The highest BCUT2D eigenvalue weighted by molar-refractivity contribution is 5.69. The normalized spacial score (nSPS) is 10.9. The number of esters is 1. The van der Waals surface area contributed by atoms with Gasteiger partial charge in [0, 0.05) is 6.20 Å². The fraction of sp³-hybridized carbons (Fsp3) is 0.471. The lowest BCUT2D eigenvalue weighted by Gasteiger charge is -2.04. The summed E-state index contributed by atoms with van der Waals surface area (Å²) in [5.41, 5.74) is 1.97. The number of benzene rings is 1. The fourth-order valence-corrected chi connectivity index (χ4v) is 2.01. The first-order valence-corrected chi connectivity index (χ1v) is 7.72. The Bertz CT molecular complexity index is 579. The van der Waals surface area contributed by atoms with Gasteiger partial charge in [-0.2, -0.15) is 0 Å². The monoisotopic (exact) mass is 301 g/mol. The van der Waals surface area contributed by atoms with E-state index in [1.54, 1.807) is 4.68 Å². The lowest BCUT2D eigenvalue weighted by atomic mass is 10.1. The van der Waals surface area contributed by atoms with Crippen LogP contribution in [0.1, 0.15) is 37.9 Å². The van der Waals surface area contributed by atoms with Gasteiger partial charge in [0.15, 0.2) is 0 Å². The quantitative estimate of drug-likeness (QED) is 0.703. The minimum atomic E-state index is -0.219. The summed E-state index contributed by atoms with van der Waals surface area (Å²) in [6.07, 6.45) is 4.24. The summed E-state index contributed by atoms with van der Waals surface area (Å²) in [6.45, 7) is 5.19. The predicted molar refractivity (Wildman–Crippen MR) is 84.0 cm³/mol. The molecule has 0 aliphatic heterocycles. The van der Waals surface area contributed by atoms with Crippen molar-refractivity contribution in [2.75, 3.05) is 0 Å². The molecule has 0 aliphatic rings. The van der Waals surface area contributed by atoms with Crippen molar-refractivity contribution in [3.8, 4) is 0 Å². The number of aryl methyl sites for hydroxylation is 2. The third kappa shape index (κ3) is 5.68. The van der Waals surface area contributed by atoms with Gasteiger partial charge in [0.2, 0.25) is 0 Å². The van der Waals surface area contributed by atoms with Gasteiger partial charge in [0.25, 0.3) is 0 Å². The van der Waals surface area contributed by atoms with Gasteiger partial charge in [0.05, 0.1) is 18.7 Å². The van der Waals surface area contributed by atoms with Crippen LogP contribution in [-0.4, -0.2) is 21.0 Å². The molecule has 5 heteroatoms. The van der Waals surface area contributed by atoms with Crippen molar-refractivity contribution in [1.29, 1.82) is 0 Å². The topological polar surface area (TPSA) is 57.0 Å². The smallest absolute Gasteiger partial charge is 0.308 e. The van der Waals surface area contributed by atoms with Crippen LogP contribution in [-0.2, 0) is 29.1 Å². The van der Waals surface area contributed by atoms with E-state index in [9.17, 15) is 4.79 Å². The maximum atomic E-state index is 11.7. The number of hydrogen-bond donors (Lipinski definition) is 0. The summed E-state index contributed by atoms with van der Waals surface area (Å²) < 4.78 is 6.94. The molecule has 118 valence electrons. The number of hydrogen-bond acceptors (Lipinski definition) is 4. The van der Waals surface area contributed by atoms with Crippen molar-refractivity contribution in [1.82, 2.24) is 15.0 Å². The number of rotatable bonds is 8. The number of nitrogens with zero attached hydrogens (tertiary/aromatic N) is 3. The van der Waals surface area contributed by atoms with Crippen LogP contribution in [0.3, 0.4) is 0 Å². The number of carbonyl (C=O) groups is 1. The van der Waals surface area contributed by atoms with Gasteiger partial charge in [-0.25, -0.2) is 0 Å². The molecule has 0 spiro atoms. The Balaban J connectivity index is 1.70. The Morgan fingerprint density at radius 3 is 2.77 bits per heavy atom. The molecule has 0 saturated carbocycles. The maximum Gasteiger partial charge on any atom is 0.308 e. The van der Waals surface area contributed by atoms with Crippen LogP contribution in [0.15, 0.2) is 36.5 Å². The molecule has 0 aliphatic carbocycles. The van der Waals surface area contributed by atoms with Crippen LogP contribution in [0.4, 0.5) is 0 Å². The van der Waals surface area contributed by atoms with Crippen LogP contribution in [0.25, 0.3) is 0 Å². The Hall–Kier alpha value is -2.17. The summed E-state index contributed by atoms with van der Waals surface area (Å²) in [5, 5.41) is 8.16. The second-order valence-corrected chi connectivity index (χ2v) is 5.80. The Labute approximate surface area is 131 Å². The predicted octanol–water partition coefficient (Wildman–Crippen LogP) is 3.00. The molecule has 2 rings (SSSR count). The van der Waals surface area contributed by atoms with E-state index in [0.29, 0.717) is 25.5 Å². The van der Waals surface area contributed by atoms with Crippen LogP contribution < -0.4 is 0 Å². The standard InChI is InChI=1S/C17H23N3O2/c1-14(2)8-9-16-12-20(19-18-16)11-10-17(21)22-13-15-6-4-3-5-7-15/h3-7,12,14H,8-11,13H2,1-2H3. The highest BCUT2D eigenvalue weighted by atomic mass is 16.5. The summed E-state index contributed by atoms with van der Waals surface area (Å²) in [6, 6.07) is 9.67. The van der Waals surface area contributed by atoms with Crippen molar-refractivity contribution >= 4 is 5.97 Å². The molecule has 1 aromatic carbocycles. The van der Waals surface area contributed by atoms with Crippen LogP contribution in [0, 0.1) is 5.92 Å². The minimum Gasteiger partial charge on any atom is -0.461 e. The first kappa shape index (κ1) is 16.2. The van der Waals surface area contributed by atoms with E-state index in [-0.39, 0.29) is 5.97 Å². The summed E-state index contributed by atoms with van der Waals surface area (Å²) in [7, 11) is 0. The summed E-state index contributed by atoms with van der Waals surface area (Å²) in [4.78, 5) is 11.7. The Morgan fingerprint density at radius 1 is 1.27 bits per heavy atom. The van der Waals surface area contributed by atoms with Crippen molar-refractivity contribution in [2.24, 2.45) is 5.92 Å². The van der Waals surface area contributed by atoms with Gasteiger partial charge in [-0.1, -0.05) is 49.4 Å². The number of ether oxygens (including phenoxy) is 1. The van der Waals surface area contributed by atoms with Crippen LogP contribution in [0.5, 0.6) is 0 Å². The Kier molecular flexibility index (Phi) is 6.13. The molecule has 5 nitrogen and oxygen atoms in total. The molecule has 1 aromatic heterocycles. The van der Waals surface area contributed by atoms with Gasteiger partial charge < -0.3 is 4.74 Å². The minimum absolute atomic E-state index is 0.219. The summed E-state index contributed by atoms with van der Waals surface area (Å²) in [5.74, 6) is 0.432. The van der Waals surface area contributed by atoms with Gasteiger partial charge >= 0.3 is 5.97 Å².